The number of carbonyl (C=O) groups excluding carboxylic acids is 1. The Kier molecular flexibility index (Phi) is 2.09. The van der Waals surface area contributed by atoms with Crippen molar-refractivity contribution in [1.29, 1.82) is 0 Å². The molecule has 1 rings (SSSR count). The van der Waals surface area contributed by atoms with E-state index in [1.165, 1.54) is 0 Å². The summed E-state index contributed by atoms with van der Waals surface area (Å²) in [5, 5.41) is 9.95. The van der Waals surface area contributed by atoms with Gasteiger partial charge in [-0.1, -0.05) is 11.6 Å². The Morgan fingerprint density at radius 1 is 1.67 bits per heavy atom. The number of allylic oxidation sites excluding steroid dienone is 1. The summed E-state index contributed by atoms with van der Waals surface area (Å²) in [6.45, 7) is -0.220. The first kappa shape index (κ1) is 8.66. The van der Waals surface area contributed by atoms with Crippen LogP contribution in [0, 0.1) is 10.1 Å². The van der Waals surface area contributed by atoms with Crippen LogP contribution in [0.1, 0.15) is 0 Å². The minimum atomic E-state index is -0.821. The fourth-order valence-corrected chi connectivity index (χ4v) is 0.949. The number of ketones is 1. The van der Waals surface area contributed by atoms with Crippen LogP contribution in [-0.2, 0) is 4.79 Å². The molecule has 0 radical (unpaired) electrons. The van der Waals surface area contributed by atoms with E-state index in [9.17, 15) is 14.9 Å². The quantitative estimate of drug-likeness (QED) is 0.450. The molecule has 0 aromatic heterocycles. The molecule has 1 heterocycles. The van der Waals surface area contributed by atoms with Crippen molar-refractivity contribution < 1.29 is 9.72 Å². The number of aliphatic imine (C=N–C) groups is 1. The minimum absolute atomic E-state index is 0.220. The van der Waals surface area contributed by atoms with E-state index in [0.29, 0.717) is 0 Å². The fraction of sp³-hybridized carbons (Fsp3) is 0.200. The molecule has 0 bridgehead atoms. The van der Waals surface area contributed by atoms with Gasteiger partial charge in [-0.05, 0) is 0 Å². The maximum atomic E-state index is 10.8. The van der Waals surface area contributed by atoms with Crippen LogP contribution in [0.15, 0.2) is 16.4 Å². The smallest absolute Gasteiger partial charge is 0.332 e. The molecule has 2 N–H and O–H groups in total. The Labute approximate surface area is 71.9 Å². The summed E-state index contributed by atoms with van der Waals surface area (Å²) in [7, 11) is 0. The molecule has 1 aliphatic rings. The van der Waals surface area contributed by atoms with Gasteiger partial charge in [0, 0.05) is 0 Å². The van der Waals surface area contributed by atoms with Crippen molar-refractivity contribution in [2.45, 2.75) is 0 Å². The van der Waals surface area contributed by atoms with E-state index in [2.05, 4.69) is 4.99 Å². The number of rotatable bonds is 1. The summed E-state index contributed by atoms with van der Waals surface area (Å²) >= 11 is 5.36. The number of hydrogen-bond acceptors (Lipinski definition) is 5. The van der Waals surface area contributed by atoms with Gasteiger partial charge in [-0.3, -0.25) is 19.9 Å². The fourth-order valence-electron chi connectivity index (χ4n) is 0.718. The molecule has 0 aliphatic carbocycles. The largest absolute Gasteiger partial charge is 0.390 e. The van der Waals surface area contributed by atoms with Gasteiger partial charge < -0.3 is 5.73 Å². The molecule has 12 heavy (non-hydrogen) atoms. The van der Waals surface area contributed by atoms with Crippen LogP contribution >= 0.6 is 11.6 Å². The van der Waals surface area contributed by atoms with Crippen molar-refractivity contribution in [3.8, 4) is 0 Å². The normalized spacial score (nSPS) is 17.8. The number of carbonyl (C=O) groups is 1. The first-order valence-electron chi connectivity index (χ1n) is 2.91. The van der Waals surface area contributed by atoms with Gasteiger partial charge in [-0.25, -0.2) is 0 Å². The second-order valence-electron chi connectivity index (χ2n) is 2.05. The van der Waals surface area contributed by atoms with Crippen LogP contribution < -0.4 is 5.73 Å². The lowest BCUT2D eigenvalue weighted by Crippen LogP contribution is -2.27. The Balaban J connectivity index is 3.21. The standard InChI is InChI=1S/C5H4ClN3O3/c6-5-4(9(11)12)3(7)2(10)1-8-5/h1,7H2. The molecule has 1 aliphatic heterocycles. The Morgan fingerprint density at radius 2 is 2.25 bits per heavy atom. The summed E-state index contributed by atoms with van der Waals surface area (Å²) in [4.78, 5) is 23.7. The average molecular weight is 190 g/mol. The monoisotopic (exact) mass is 189 g/mol. The number of dihydropyridines is 1. The molecule has 0 atom stereocenters. The molecule has 0 saturated heterocycles. The maximum Gasteiger partial charge on any atom is 0.332 e. The molecule has 0 aromatic carbocycles. The molecule has 0 aromatic rings. The molecule has 0 spiro atoms. The lowest BCUT2D eigenvalue weighted by Gasteiger charge is -2.05. The van der Waals surface area contributed by atoms with Crippen molar-refractivity contribution in [1.82, 2.24) is 0 Å². The van der Waals surface area contributed by atoms with Crippen LogP contribution in [0.4, 0.5) is 0 Å². The molecule has 0 fully saturated rings. The zero-order valence-corrected chi connectivity index (χ0v) is 6.54. The van der Waals surface area contributed by atoms with E-state index in [4.69, 9.17) is 17.3 Å². The SMILES string of the molecule is NC1=C([N+](=O)[O-])C(Cl)=NCC1=O. The Bertz CT molecular complexity index is 320. The predicted octanol–water partition coefficient (Wildman–Crippen LogP) is -0.347. The third-order valence-corrected chi connectivity index (χ3v) is 1.59. The van der Waals surface area contributed by atoms with E-state index in [0.717, 1.165) is 0 Å². The number of nitrogens with two attached hydrogens (primary N) is 1. The zero-order valence-electron chi connectivity index (χ0n) is 5.78. The predicted molar refractivity (Wildman–Crippen MR) is 41.4 cm³/mol. The molecule has 6 nitrogen and oxygen atoms in total. The van der Waals surface area contributed by atoms with Crippen LogP contribution in [0.2, 0.25) is 0 Å². The van der Waals surface area contributed by atoms with Gasteiger partial charge in [0.15, 0.2) is 5.70 Å². The third kappa shape index (κ3) is 1.28. The minimum Gasteiger partial charge on any atom is -0.390 e. The number of Topliss-reactive ketones (excluding diaryl/α,β-unsaturated/α-hetero) is 1. The lowest BCUT2D eigenvalue weighted by atomic mass is 10.2. The molecule has 0 amide bonds. The third-order valence-electron chi connectivity index (χ3n) is 1.29. The van der Waals surface area contributed by atoms with Crippen LogP contribution in [0.5, 0.6) is 0 Å². The molecule has 64 valence electrons. The molecule has 0 saturated carbocycles. The highest BCUT2D eigenvalue weighted by molar-refractivity contribution is 6.69. The van der Waals surface area contributed by atoms with Crippen LogP contribution in [0.3, 0.4) is 0 Å². The summed E-state index contributed by atoms with van der Waals surface area (Å²) in [5.41, 5.74) is 4.10. The summed E-state index contributed by atoms with van der Waals surface area (Å²) in [6.07, 6.45) is 0. The van der Waals surface area contributed by atoms with Gasteiger partial charge in [-0.15, -0.1) is 0 Å². The van der Waals surface area contributed by atoms with Crippen molar-refractivity contribution in [2.24, 2.45) is 10.7 Å². The second kappa shape index (κ2) is 2.90. The van der Waals surface area contributed by atoms with Crippen LogP contribution in [0.25, 0.3) is 0 Å². The number of nitro groups is 1. The van der Waals surface area contributed by atoms with Crippen LogP contribution in [-0.4, -0.2) is 22.4 Å². The van der Waals surface area contributed by atoms with E-state index >= 15 is 0 Å². The van der Waals surface area contributed by atoms with Crippen molar-refractivity contribution in [3.05, 3.63) is 21.5 Å². The average Bonchev–Trinajstić information content (AvgIpc) is 1.97. The van der Waals surface area contributed by atoms with E-state index in [1.807, 2.05) is 0 Å². The topological polar surface area (TPSA) is 98.6 Å². The van der Waals surface area contributed by atoms with E-state index < -0.39 is 22.1 Å². The van der Waals surface area contributed by atoms with Gasteiger partial charge >= 0.3 is 5.70 Å². The molecule has 7 heteroatoms. The zero-order chi connectivity index (χ0) is 9.30. The van der Waals surface area contributed by atoms with Gasteiger partial charge in [0.05, 0.1) is 4.92 Å². The highest BCUT2D eigenvalue weighted by Crippen LogP contribution is 2.12. The maximum absolute atomic E-state index is 10.8. The van der Waals surface area contributed by atoms with E-state index in [-0.39, 0.29) is 11.7 Å². The highest BCUT2D eigenvalue weighted by Gasteiger charge is 2.29. The van der Waals surface area contributed by atoms with Crippen molar-refractivity contribution >= 4 is 22.6 Å². The number of nitrogens with zero attached hydrogens (tertiary/aromatic N) is 2. The lowest BCUT2D eigenvalue weighted by molar-refractivity contribution is -0.415. The number of hydrogen-bond donors (Lipinski definition) is 1. The summed E-state index contributed by atoms with van der Waals surface area (Å²) in [5.74, 6) is -0.578. The number of halogens is 1. The van der Waals surface area contributed by atoms with Crippen molar-refractivity contribution in [2.75, 3.05) is 6.54 Å². The van der Waals surface area contributed by atoms with Gasteiger partial charge in [-0.2, -0.15) is 0 Å². The Hall–Kier alpha value is -1.43. The molecular weight excluding hydrogens is 186 g/mol. The highest BCUT2D eigenvalue weighted by atomic mass is 35.5. The summed E-state index contributed by atoms with van der Waals surface area (Å²) < 4.78 is 0. The summed E-state index contributed by atoms with van der Waals surface area (Å²) in [6, 6.07) is 0. The second-order valence-corrected chi connectivity index (χ2v) is 2.41. The molecule has 0 unspecified atom stereocenters. The van der Waals surface area contributed by atoms with E-state index in [1.54, 1.807) is 0 Å². The Morgan fingerprint density at radius 3 is 2.67 bits per heavy atom. The van der Waals surface area contributed by atoms with Crippen molar-refractivity contribution in [3.63, 3.8) is 0 Å². The first-order chi connectivity index (χ1) is 5.54. The van der Waals surface area contributed by atoms with Gasteiger partial charge in [0.2, 0.25) is 11.0 Å². The van der Waals surface area contributed by atoms with Gasteiger partial charge in [0.1, 0.15) is 6.54 Å². The molecular formula is C5H4ClN3O3. The van der Waals surface area contributed by atoms with Gasteiger partial charge in [0.25, 0.3) is 0 Å². The first-order valence-corrected chi connectivity index (χ1v) is 3.29.